The molecule has 13 nitrogen and oxygen atoms in total. The molecule has 2 amide bonds. The number of hydrogen-bond acceptors (Lipinski definition) is 8. The number of carbonyl (C=O) groups excluding carboxylic acids is 2. The molecule has 178 valence electrons. The summed E-state index contributed by atoms with van der Waals surface area (Å²) >= 11 is 11.9. The molecule has 0 aliphatic carbocycles. The summed E-state index contributed by atoms with van der Waals surface area (Å²) in [4.78, 5) is 56.5. The Morgan fingerprint density at radius 1 is 0.600 bits per heavy atom. The van der Waals surface area contributed by atoms with E-state index in [1.165, 1.54) is 12.1 Å². The van der Waals surface area contributed by atoms with Gasteiger partial charge in [-0.1, -0.05) is 23.2 Å². The van der Waals surface area contributed by atoms with Crippen molar-refractivity contribution in [2.24, 2.45) is 0 Å². The fraction of sp³-hybridized carbons (Fsp3) is 0. The molecular formula is C20H11Cl2N5O8. The molecule has 0 spiro atoms. The van der Waals surface area contributed by atoms with E-state index in [9.17, 15) is 39.9 Å². The summed E-state index contributed by atoms with van der Waals surface area (Å²) in [6.07, 6.45) is 0. The highest BCUT2D eigenvalue weighted by Crippen LogP contribution is 2.29. The number of nitrogens with one attached hydrogen (secondary N) is 2. The van der Waals surface area contributed by atoms with Gasteiger partial charge in [0.15, 0.2) is 0 Å². The number of nitro benzene ring substituents is 3. The molecule has 3 aromatic rings. The van der Waals surface area contributed by atoms with Crippen molar-refractivity contribution in [3.8, 4) is 0 Å². The zero-order chi connectivity index (χ0) is 25.9. The van der Waals surface area contributed by atoms with Crippen LogP contribution >= 0.6 is 23.2 Å². The van der Waals surface area contributed by atoms with Crippen LogP contribution in [-0.2, 0) is 0 Å². The number of anilines is 2. The first-order valence-corrected chi connectivity index (χ1v) is 10.0. The van der Waals surface area contributed by atoms with Crippen LogP contribution in [-0.4, -0.2) is 26.6 Å². The fourth-order valence-electron chi connectivity index (χ4n) is 2.81. The number of carbonyl (C=O) groups is 2. The van der Waals surface area contributed by atoms with Gasteiger partial charge in [-0.3, -0.25) is 39.9 Å². The lowest BCUT2D eigenvalue weighted by atomic mass is 10.1. The summed E-state index contributed by atoms with van der Waals surface area (Å²) in [5, 5.41) is 37.9. The number of halogens is 2. The molecule has 3 rings (SSSR count). The summed E-state index contributed by atoms with van der Waals surface area (Å²) in [6, 6.07) is 9.39. The summed E-state index contributed by atoms with van der Waals surface area (Å²) in [7, 11) is 0. The first-order valence-electron chi connectivity index (χ1n) is 9.26. The normalized spacial score (nSPS) is 10.3. The van der Waals surface area contributed by atoms with Crippen LogP contribution in [0, 0.1) is 30.3 Å². The first kappa shape index (κ1) is 25.0. The second-order valence-electron chi connectivity index (χ2n) is 6.78. The van der Waals surface area contributed by atoms with E-state index in [2.05, 4.69) is 10.6 Å². The molecule has 3 aromatic carbocycles. The molecule has 0 unspecified atom stereocenters. The summed E-state index contributed by atoms with van der Waals surface area (Å²) in [5.41, 5.74) is -2.28. The minimum Gasteiger partial charge on any atom is -0.320 e. The van der Waals surface area contributed by atoms with Gasteiger partial charge in [-0.15, -0.1) is 0 Å². The molecule has 0 bridgehead atoms. The second-order valence-corrected chi connectivity index (χ2v) is 7.59. The molecule has 35 heavy (non-hydrogen) atoms. The molecule has 0 heterocycles. The van der Waals surface area contributed by atoms with E-state index in [4.69, 9.17) is 23.2 Å². The SMILES string of the molecule is O=C(Nc1cc([N+](=O)[O-])ccc1Cl)c1cc(C(=O)Nc2cc([N+](=O)[O-])ccc2Cl)cc([N+](=O)[O-])c1. The summed E-state index contributed by atoms with van der Waals surface area (Å²) in [6.45, 7) is 0. The lowest BCUT2D eigenvalue weighted by Gasteiger charge is -2.10. The first-order chi connectivity index (χ1) is 16.5. The molecule has 0 fully saturated rings. The predicted octanol–water partition coefficient (Wildman–Crippen LogP) is 5.22. The number of non-ortho nitro benzene ring substituents is 3. The Kier molecular flexibility index (Phi) is 7.22. The fourth-order valence-corrected chi connectivity index (χ4v) is 3.14. The molecule has 0 saturated carbocycles. The van der Waals surface area contributed by atoms with Gasteiger partial charge >= 0.3 is 0 Å². The monoisotopic (exact) mass is 519 g/mol. The minimum absolute atomic E-state index is 0.0346. The van der Waals surface area contributed by atoms with E-state index >= 15 is 0 Å². The molecule has 0 aromatic heterocycles. The molecular weight excluding hydrogens is 509 g/mol. The minimum atomic E-state index is -0.946. The number of hydrogen-bond donors (Lipinski definition) is 2. The Morgan fingerprint density at radius 2 is 0.971 bits per heavy atom. The number of rotatable bonds is 7. The second kappa shape index (κ2) is 10.1. The van der Waals surface area contributed by atoms with Crippen LogP contribution in [0.2, 0.25) is 10.0 Å². The molecule has 0 atom stereocenters. The topological polar surface area (TPSA) is 188 Å². The van der Waals surface area contributed by atoms with Crippen LogP contribution in [0.5, 0.6) is 0 Å². The highest BCUT2D eigenvalue weighted by atomic mass is 35.5. The van der Waals surface area contributed by atoms with Crippen LogP contribution in [0.25, 0.3) is 0 Å². The molecule has 2 N–H and O–H groups in total. The Labute approximate surface area is 204 Å². The van der Waals surface area contributed by atoms with Crippen LogP contribution in [0.15, 0.2) is 54.6 Å². The third-order valence-electron chi connectivity index (χ3n) is 4.47. The van der Waals surface area contributed by atoms with Crippen molar-refractivity contribution in [2.75, 3.05) is 10.6 Å². The van der Waals surface area contributed by atoms with Crippen LogP contribution in [0.4, 0.5) is 28.4 Å². The van der Waals surface area contributed by atoms with Gasteiger partial charge in [0.2, 0.25) is 0 Å². The number of nitrogens with zero attached hydrogens (tertiary/aromatic N) is 3. The Morgan fingerprint density at radius 3 is 1.31 bits per heavy atom. The van der Waals surface area contributed by atoms with Gasteiger partial charge in [0.25, 0.3) is 28.9 Å². The number of benzene rings is 3. The van der Waals surface area contributed by atoms with Crippen molar-refractivity contribution in [1.82, 2.24) is 0 Å². The van der Waals surface area contributed by atoms with Crippen LogP contribution in [0.3, 0.4) is 0 Å². The van der Waals surface area contributed by atoms with E-state index in [1.54, 1.807) is 0 Å². The zero-order valence-electron chi connectivity index (χ0n) is 17.1. The van der Waals surface area contributed by atoms with E-state index in [1.807, 2.05) is 0 Å². The summed E-state index contributed by atoms with van der Waals surface area (Å²) < 4.78 is 0. The Bertz CT molecular complexity index is 1320. The third kappa shape index (κ3) is 5.85. The quantitative estimate of drug-likeness (QED) is 0.313. The van der Waals surface area contributed by atoms with Crippen molar-refractivity contribution < 1.29 is 24.4 Å². The Balaban J connectivity index is 1.95. The lowest BCUT2D eigenvalue weighted by Crippen LogP contribution is -2.17. The van der Waals surface area contributed by atoms with Gasteiger partial charge in [0.05, 0.1) is 36.2 Å². The standard InChI is InChI=1S/C20H11Cl2N5O8/c21-15-3-1-12(25(30)31)8-17(15)23-19(28)10-5-11(7-14(6-10)27(34)35)20(29)24-18-9-13(26(32)33)2-4-16(18)22/h1-9H,(H,23,28)(H,24,29). The number of nitro groups is 3. The highest BCUT2D eigenvalue weighted by Gasteiger charge is 2.21. The van der Waals surface area contributed by atoms with Crippen LogP contribution < -0.4 is 10.6 Å². The Hall–Kier alpha value is -4.62. The van der Waals surface area contributed by atoms with Crippen molar-refractivity contribution in [3.63, 3.8) is 0 Å². The van der Waals surface area contributed by atoms with E-state index < -0.39 is 32.3 Å². The highest BCUT2D eigenvalue weighted by molar-refractivity contribution is 6.34. The van der Waals surface area contributed by atoms with Gasteiger partial charge in [0, 0.05) is 47.5 Å². The van der Waals surface area contributed by atoms with Crippen molar-refractivity contribution >= 4 is 63.5 Å². The lowest BCUT2D eigenvalue weighted by molar-refractivity contribution is -0.385. The number of amides is 2. The molecule has 15 heteroatoms. The maximum Gasteiger partial charge on any atom is 0.271 e. The van der Waals surface area contributed by atoms with Crippen molar-refractivity contribution in [1.29, 1.82) is 0 Å². The maximum absolute atomic E-state index is 12.7. The van der Waals surface area contributed by atoms with Crippen LogP contribution in [0.1, 0.15) is 20.7 Å². The van der Waals surface area contributed by atoms with Crippen molar-refractivity contribution in [2.45, 2.75) is 0 Å². The van der Waals surface area contributed by atoms with E-state index in [0.29, 0.717) is 0 Å². The van der Waals surface area contributed by atoms with Gasteiger partial charge in [-0.2, -0.15) is 0 Å². The van der Waals surface area contributed by atoms with Gasteiger partial charge in [-0.25, -0.2) is 0 Å². The molecule has 0 radical (unpaired) electrons. The average Bonchev–Trinajstić information content (AvgIpc) is 2.81. The van der Waals surface area contributed by atoms with Gasteiger partial charge in [0.1, 0.15) is 0 Å². The van der Waals surface area contributed by atoms with E-state index in [0.717, 1.165) is 42.5 Å². The zero-order valence-corrected chi connectivity index (χ0v) is 18.6. The largest absolute Gasteiger partial charge is 0.320 e. The molecule has 0 aliphatic rings. The maximum atomic E-state index is 12.7. The smallest absolute Gasteiger partial charge is 0.271 e. The average molecular weight is 520 g/mol. The van der Waals surface area contributed by atoms with E-state index in [-0.39, 0.29) is 43.9 Å². The molecule has 0 aliphatic heterocycles. The summed E-state index contributed by atoms with van der Waals surface area (Å²) in [5.74, 6) is -1.89. The molecule has 0 saturated heterocycles. The predicted molar refractivity (Wildman–Crippen MR) is 125 cm³/mol. The van der Waals surface area contributed by atoms with Gasteiger partial charge < -0.3 is 10.6 Å². The van der Waals surface area contributed by atoms with Crippen molar-refractivity contribution in [3.05, 3.63) is 106 Å². The third-order valence-corrected chi connectivity index (χ3v) is 5.13. The van der Waals surface area contributed by atoms with Gasteiger partial charge in [-0.05, 0) is 18.2 Å².